The van der Waals surface area contributed by atoms with Gasteiger partial charge >= 0.3 is 90.2 Å². The Bertz CT molecular complexity index is 76.7. The predicted octanol–water partition coefficient (Wildman–Crippen LogP) is -2.96. The fraction of sp³-hybridized carbons (Fsp3) is 0. The third-order valence-corrected chi connectivity index (χ3v) is 0.399. The largest absolute Gasteiger partial charge is 1.00 e. The molecule has 0 atom stereocenters. The molecule has 0 bridgehead atoms. The van der Waals surface area contributed by atoms with Gasteiger partial charge in [-0.25, -0.2) is 0 Å². The summed E-state index contributed by atoms with van der Waals surface area (Å²) >= 11 is -0.207. The van der Waals surface area contributed by atoms with Crippen LogP contribution < -0.4 is 51.4 Å². The molecule has 30 valence electrons. The maximum atomic E-state index is 7.61. The molecule has 0 amide bonds. The molecule has 0 unspecified atom stereocenters. The van der Waals surface area contributed by atoms with Gasteiger partial charge in [-0.05, 0) is 0 Å². The van der Waals surface area contributed by atoms with Crippen molar-refractivity contribution < 1.29 is 71.1 Å². The number of nitriles is 2. The van der Waals surface area contributed by atoms with Crippen LogP contribution in [0.25, 0.3) is 0 Å². The molecule has 6 heavy (non-hydrogen) atoms. The van der Waals surface area contributed by atoms with Gasteiger partial charge in [0.05, 0.1) is 0 Å². The maximum absolute atomic E-state index is 7.61. The summed E-state index contributed by atoms with van der Waals surface area (Å²) in [5.74, 6) is 0. The average Bonchev–Trinajstić information content (AvgIpc) is 1.41. The Morgan fingerprint density at radius 1 is 1.17 bits per heavy atom. The zero-order valence-electron chi connectivity index (χ0n) is 3.20. The number of hydrogen-bond donors (Lipinski definition) is 0. The SMILES string of the molecule is N#[C][Ag-][C]#N.[K+]. The molecule has 0 aliphatic heterocycles. The van der Waals surface area contributed by atoms with Crippen LogP contribution in [0.1, 0.15) is 0 Å². The fourth-order valence-electron chi connectivity index (χ4n) is 0.0151. The van der Waals surface area contributed by atoms with E-state index < -0.39 is 0 Å². The van der Waals surface area contributed by atoms with E-state index in [1.54, 1.807) is 8.57 Å². The number of rotatable bonds is 0. The first kappa shape index (κ1) is 10.4. The zero-order chi connectivity index (χ0) is 4.12. The first-order valence-electron chi connectivity index (χ1n) is 0.749. The van der Waals surface area contributed by atoms with Gasteiger partial charge < -0.3 is 0 Å². The molecule has 0 radical (unpaired) electrons. The molecule has 0 fully saturated rings. The Labute approximate surface area is 88.3 Å². The van der Waals surface area contributed by atoms with Crippen molar-refractivity contribution >= 4 is 0 Å². The first-order valence-corrected chi connectivity index (χ1v) is 2.23. The van der Waals surface area contributed by atoms with Crippen LogP contribution in [0.3, 0.4) is 0 Å². The summed E-state index contributed by atoms with van der Waals surface area (Å²) < 4.78 is 3.37. The molecule has 0 saturated carbocycles. The van der Waals surface area contributed by atoms with Crippen LogP contribution in [-0.4, -0.2) is 0 Å². The van der Waals surface area contributed by atoms with Gasteiger partial charge in [0.1, 0.15) is 0 Å². The molecule has 0 rings (SSSR count). The summed E-state index contributed by atoms with van der Waals surface area (Å²) in [4.78, 5) is 0. The molecule has 0 aliphatic carbocycles. The van der Waals surface area contributed by atoms with Gasteiger partial charge in [0.25, 0.3) is 0 Å². The molecular formula is C2AgKN2. The van der Waals surface area contributed by atoms with Crippen LogP contribution in [0.2, 0.25) is 0 Å². The Hall–Kier alpha value is 1.36. The molecule has 0 N–H and O–H groups in total. The van der Waals surface area contributed by atoms with E-state index in [1.807, 2.05) is 0 Å². The van der Waals surface area contributed by atoms with Crippen LogP contribution in [-0.2, 0) is 19.8 Å². The van der Waals surface area contributed by atoms with E-state index >= 15 is 0 Å². The molecule has 4 heteroatoms. The number of nitrogens with zero attached hydrogens (tertiary/aromatic N) is 2. The normalized spacial score (nSPS) is 4.33. The van der Waals surface area contributed by atoms with Crippen molar-refractivity contribution in [1.82, 2.24) is 0 Å². The third-order valence-electron chi connectivity index (χ3n) is 0.0674. The van der Waals surface area contributed by atoms with Crippen molar-refractivity contribution in [2.24, 2.45) is 0 Å². The van der Waals surface area contributed by atoms with Gasteiger partial charge in [0.2, 0.25) is 0 Å². The molecule has 0 saturated heterocycles. The van der Waals surface area contributed by atoms with Crippen molar-refractivity contribution in [1.29, 1.82) is 10.5 Å². The monoisotopic (exact) mass is 198 g/mol. The van der Waals surface area contributed by atoms with E-state index in [1.165, 1.54) is 0 Å². The van der Waals surface area contributed by atoms with Gasteiger partial charge in [-0.3, -0.25) is 0 Å². The van der Waals surface area contributed by atoms with Gasteiger partial charge in [0.15, 0.2) is 0 Å². The molecule has 0 heterocycles. The van der Waals surface area contributed by atoms with Gasteiger partial charge in [0, 0.05) is 0 Å². The summed E-state index contributed by atoms with van der Waals surface area (Å²) in [6, 6.07) is 0. The van der Waals surface area contributed by atoms with Crippen LogP contribution >= 0.6 is 0 Å². The summed E-state index contributed by atoms with van der Waals surface area (Å²) in [7, 11) is 0. The minimum absolute atomic E-state index is 0. The summed E-state index contributed by atoms with van der Waals surface area (Å²) in [5.41, 5.74) is 0. The van der Waals surface area contributed by atoms with E-state index in [-0.39, 0.29) is 71.1 Å². The van der Waals surface area contributed by atoms with E-state index in [4.69, 9.17) is 10.5 Å². The summed E-state index contributed by atoms with van der Waals surface area (Å²) in [6.45, 7) is 0. The van der Waals surface area contributed by atoms with E-state index in [9.17, 15) is 0 Å². The predicted molar refractivity (Wildman–Crippen MR) is 11.2 cm³/mol. The van der Waals surface area contributed by atoms with Gasteiger partial charge in [-0.1, -0.05) is 0 Å². The zero-order valence-corrected chi connectivity index (χ0v) is 7.80. The second-order valence-electron chi connectivity index (χ2n) is 0.210. The van der Waals surface area contributed by atoms with Crippen LogP contribution in [0.4, 0.5) is 0 Å². The Balaban J connectivity index is 0. The fourth-order valence-corrected chi connectivity index (χ4v) is 0.0892. The second kappa shape index (κ2) is 9.61. The van der Waals surface area contributed by atoms with Crippen LogP contribution in [0.5, 0.6) is 0 Å². The van der Waals surface area contributed by atoms with Crippen molar-refractivity contribution in [3.05, 3.63) is 0 Å². The second-order valence-corrected chi connectivity index (χ2v) is 1.24. The Morgan fingerprint density at radius 2 is 1.50 bits per heavy atom. The molecule has 0 aromatic rings. The summed E-state index contributed by atoms with van der Waals surface area (Å²) in [5, 5.41) is 15.2. The molecule has 0 aromatic heterocycles. The van der Waals surface area contributed by atoms with Crippen molar-refractivity contribution in [3.63, 3.8) is 0 Å². The van der Waals surface area contributed by atoms with Gasteiger partial charge in [-0.2, -0.15) is 0 Å². The third kappa shape index (κ3) is 9.02. The topological polar surface area (TPSA) is 47.6 Å². The molecule has 0 spiro atoms. The quantitative estimate of drug-likeness (QED) is 0.391. The van der Waals surface area contributed by atoms with E-state index in [0.29, 0.717) is 0 Å². The standard InChI is InChI=1S/2CN.Ag.K/c2*1-2;;/q;;-1;+1. The molecule has 0 aromatic carbocycles. The van der Waals surface area contributed by atoms with Crippen molar-refractivity contribution in [2.75, 3.05) is 0 Å². The molecule has 2 nitrogen and oxygen atoms in total. The van der Waals surface area contributed by atoms with Crippen LogP contribution in [0, 0.1) is 19.1 Å². The molecule has 0 aliphatic rings. The molecular weight excluding hydrogens is 199 g/mol. The minimum Gasteiger partial charge on any atom is 1.00 e. The van der Waals surface area contributed by atoms with E-state index in [0.717, 1.165) is 0 Å². The summed E-state index contributed by atoms with van der Waals surface area (Å²) in [6.07, 6.45) is 0. The first-order chi connectivity index (χ1) is 2.41. The Morgan fingerprint density at radius 3 is 1.50 bits per heavy atom. The minimum atomic E-state index is -0.207. The van der Waals surface area contributed by atoms with E-state index in [2.05, 4.69) is 0 Å². The smallest absolute Gasteiger partial charge is 1.00 e. The van der Waals surface area contributed by atoms with Crippen molar-refractivity contribution in [3.8, 4) is 8.57 Å². The number of hydrogen-bond acceptors (Lipinski definition) is 2. The van der Waals surface area contributed by atoms with Crippen LogP contribution in [0.15, 0.2) is 0 Å². The van der Waals surface area contributed by atoms with Gasteiger partial charge in [-0.15, -0.1) is 0 Å². The van der Waals surface area contributed by atoms with Crippen molar-refractivity contribution in [2.45, 2.75) is 0 Å². The average molecular weight is 199 g/mol. The Kier molecular flexibility index (Phi) is 16.6. The maximum Gasteiger partial charge on any atom is 1.00 e.